The Morgan fingerprint density at radius 3 is 3.00 bits per heavy atom. The molecule has 0 radical (unpaired) electrons. The van der Waals surface area contributed by atoms with Crippen molar-refractivity contribution < 1.29 is 4.79 Å². The molecule has 0 aliphatic heterocycles. The van der Waals surface area contributed by atoms with Crippen LogP contribution in [0.3, 0.4) is 0 Å². The summed E-state index contributed by atoms with van der Waals surface area (Å²) in [6, 6.07) is 3.31. The van der Waals surface area contributed by atoms with Crippen LogP contribution in [0, 0.1) is 12.3 Å². The first-order valence-corrected chi connectivity index (χ1v) is 2.75. The summed E-state index contributed by atoms with van der Waals surface area (Å²) in [7, 11) is 0. The summed E-state index contributed by atoms with van der Waals surface area (Å²) in [6.45, 7) is 0. The van der Waals surface area contributed by atoms with E-state index in [1.54, 1.807) is 18.3 Å². The van der Waals surface area contributed by atoms with Gasteiger partial charge in [0.25, 0.3) is 0 Å². The Hall–Kier alpha value is -1.62. The Kier molecular flexibility index (Phi) is 1.81. The first-order chi connectivity index (χ1) is 4.88. The topological polar surface area (TPSA) is 30.0 Å². The van der Waals surface area contributed by atoms with Gasteiger partial charge in [0.1, 0.15) is 5.69 Å². The number of rotatable bonds is 1. The molecule has 2 heteroatoms. The highest BCUT2D eigenvalue weighted by Crippen LogP contribution is 1.98. The molecule has 0 amide bonds. The lowest BCUT2D eigenvalue weighted by atomic mass is 10.2. The van der Waals surface area contributed by atoms with Crippen LogP contribution in [-0.2, 0) is 0 Å². The standard InChI is InChI=1S/C8H5NO/c1-2-8-7(6-10)4-3-5-9-8/h1,3-6H. The van der Waals surface area contributed by atoms with Crippen LogP contribution in [0.5, 0.6) is 0 Å². The average molecular weight is 131 g/mol. The molecule has 2 nitrogen and oxygen atoms in total. The molecule has 1 aromatic rings. The van der Waals surface area contributed by atoms with Crippen LogP contribution in [0.2, 0.25) is 0 Å². The van der Waals surface area contributed by atoms with Gasteiger partial charge >= 0.3 is 0 Å². The number of carbonyl (C=O) groups is 1. The van der Waals surface area contributed by atoms with Gasteiger partial charge in [0, 0.05) is 11.8 Å². The number of hydrogen-bond acceptors (Lipinski definition) is 2. The highest BCUT2D eigenvalue weighted by atomic mass is 16.1. The van der Waals surface area contributed by atoms with Crippen LogP contribution in [0.4, 0.5) is 0 Å². The van der Waals surface area contributed by atoms with Crippen LogP contribution in [-0.4, -0.2) is 11.3 Å². The van der Waals surface area contributed by atoms with E-state index in [1.807, 2.05) is 0 Å². The van der Waals surface area contributed by atoms with E-state index in [0.717, 1.165) is 0 Å². The summed E-state index contributed by atoms with van der Waals surface area (Å²) in [5, 5.41) is 0. The summed E-state index contributed by atoms with van der Waals surface area (Å²) in [5.74, 6) is 2.30. The monoisotopic (exact) mass is 131 g/mol. The van der Waals surface area contributed by atoms with Gasteiger partial charge in [-0.3, -0.25) is 4.79 Å². The predicted molar refractivity (Wildman–Crippen MR) is 37.6 cm³/mol. The minimum atomic E-state index is 0.400. The number of aromatic nitrogens is 1. The minimum absolute atomic E-state index is 0.400. The molecule has 48 valence electrons. The Morgan fingerprint density at radius 2 is 2.50 bits per heavy atom. The zero-order valence-corrected chi connectivity index (χ0v) is 5.24. The molecule has 10 heavy (non-hydrogen) atoms. The van der Waals surface area contributed by atoms with E-state index in [4.69, 9.17) is 6.42 Å². The van der Waals surface area contributed by atoms with Gasteiger partial charge in [-0.05, 0) is 18.1 Å². The molecule has 0 unspecified atom stereocenters. The smallest absolute Gasteiger partial charge is 0.152 e. The van der Waals surface area contributed by atoms with Gasteiger partial charge in [-0.1, -0.05) is 0 Å². The number of terminal acetylenes is 1. The van der Waals surface area contributed by atoms with E-state index in [2.05, 4.69) is 10.9 Å². The van der Waals surface area contributed by atoms with Crippen molar-refractivity contribution in [1.82, 2.24) is 4.98 Å². The zero-order valence-electron chi connectivity index (χ0n) is 5.24. The Labute approximate surface area is 58.9 Å². The fraction of sp³-hybridized carbons (Fsp3) is 0. The van der Waals surface area contributed by atoms with Crippen molar-refractivity contribution >= 4 is 6.29 Å². The summed E-state index contributed by atoms with van der Waals surface area (Å²) in [5.41, 5.74) is 0.863. The van der Waals surface area contributed by atoms with E-state index >= 15 is 0 Å². The van der Waals surface area contributed by atoms with Gasteiger partial charge < -0.3 is 0 Å². The van der Waals surface area contributed by atoms with Crippen LogP contribution in [0.1, 0.15) is 16.1 Å². The number of aldehydes is 1. The third-order valence-electron chi connectivity index (χ3n) is 1.10. The van der Waals surface area contributed by atoms with Crippen molar-refractivity contribution in [3.8, 4) is 12.3 Å². The lowest BCUT2D eigenvalue weighted by molar-refractivity contribution is 0.112. The SMILES string of the molecule is C#Cc1ncccc1C=O. The molecule has 0 N–H and O–H groups in total. The Balaban J connectivity index is 3.24. The van der Waals surface area contributed by atoms with Crippen molar-refractivity contribution in [1.29, 1.82) is 0 Å². The second-order valence-corrected chi connectivity index (χ2v) is 1.70. The van der Waals surface area contributed by atoms with E-state index in [0.29, 0.717) is 17.5 Å². The summed E-state index contributed by atoms with van der Waals surface area (Å²) in [4.78, 5) is 14.1. The molecule has 0 fully saturated rings. The first-order valence-electron chi connectivity index (χ1n) is 2.75. The van der Waals surface area contributed by atoms with Crippen LogP contribution in [0.25, 0.3) is 0 Å². The fourth-order valence-corrected chi connectivity index (χ4v) is 0.633. The highest BCUT2D eigenvalue weighted by Gasteiger charge is 1.95. The lowest BCUT2D eigenvalue weighted by Gasteiger charge is -1.90. The maximum atomic E-state index is 10.3. The molecule has 0 bridgehead atoms. The number of pyridine rings is 1. The average Bonchev–Trinajstić information content (AvgIpc) is 2.04. The minimum Gasteiger partial charge on any atom is -0.298 e. The second-order valence-electron chi connectivity index (χ2n) is 1.70. The third-order valence-corrected chi connectivity index (χ3v) is 1.10. The van der Waals surface area contributed by atoms with Crippen molar-refractivity contribution in [2.45, 2.75) is 0 Å². The van der Waals surface area contributed by atoms with Gasteiger partial charge in [-0.2, -0.15) is 0 Å². The van der Waals surface area contributed by atoms with Crippen molar-refractivity contribution in [2.75, 3.05) is 0 Å². The fourth-order valence-electron chi connectivity index (χ4n) is 0.633. The largest absolute Gasteiger partial charge is 0.298 e. The van der Waals surface area contributed by atoms with Crippen molar-refractivity contribution in [2.24, 2.45) is 0 Å². The van der Waals surface area contributed by atoms with Gasteiger partial charge in [0.05, 0.1) is 0 Å². The third kappa shape index (κ3) is 1.03. The molecular weight excluding hydrogens is 126 g/mol. The molecule has 0 aromatic carbocycles. The molecule has 0 saturated heterocycles. The molecule has 0 atom stereocenters. The van der Waals surface area contributed by atoms with E-state index in [1.165, 1.54) is 0 Å². The van der Waals surface area contributed by atoms with Crippen LogP contribution >= 0.6 is 0 Å². The summed E-state index contributed by atoms with van der Waals surface area (Å²) >= 11 is 0. The molecule has 0 saturated carbocycles. The molecular formula is C8H5NO. The maximum Gasteiger partial charge on any atom is 0.152 e. The van der Waals surface area contributed by atoms with Gasteiger partial charge in [0.15, 0.2) is 6.29 Å². The van der Waals surface area contributed by atoms with Gasteiger partial charge in [-0.15, -0.1) is 6.42 Å². The van der Waals surface area contributed by atoms with Crippen LogP contribution < -0.4 is 0 Å². The Bertz CT molecular complexity index is 286. The molecule has 1 rings (SSSR count). The van der Waals surface area contributed by atoms with Crippen molar-refractivity contribution in [3.63, 3.8) is 0 Å². The first kappa shape index (κ1) is 6.50. The molecule has 1 heterocycles. The predicted octanol–water partition coefficient (Wildman–Crippen LogP) is 0.875. The normalized spacial score (nSPS) is 8.30. The summed E-state index contributed by atoms with van der Waals surface area (Å²) in [6.07, 6.45) is 7.31. The molecule has 1 aromatic heterocycles. The quantitative estimate of drug-likeness (QED) is 0.418. The second kappa shape index (κ2) is 2.79. The molecule has 0 spiro atoms. The van der Waals surface area contributed by atoms with Crippen LogP contribution in [0.15, 0.2) is 18.3 Å². The number of hydrogen-bond donors (Lipinski definition) is 0. The summed E-state index contributed by atoms with van der Waals surface area (Å²) < 4.78 is 0. The van der Waals surface area contributed by atoms with E-state index < -0.39 is 0 Å². The van der Waals surface area contributed by atoms with E-state index in [-0.39, 0.29) is 0 Å². The molecule has 0 aliphatic carbocycles. The van der Waals surface area contributed by atoms with Crippen molar-refractivity contribution in [3.05, 3.63) is 29.6 Å². The van der Waals surface area contributed by atoms with E-state index in [9.17, 15) is 4.79 Å². The maximum absolute atomic E-state index is 10.3. The van der Waals surface area contributed by atoms with Gasteiger partial charge in [0.2, 0.25) is 0 Å². The number of carbonyl (C=O) groups excluding carboxylic acids is 1. The molecule has 0 aliphatic rings. The Morgan fingerprint density at radius 1 is 1.70 bits per heavy atom. The van der Waals surface area contributed by atoms with Gasteiger partial charge in [-0.25, -0.2) is 4.98 Å². The number of nitrogens with zero attached hydrogens (tertiary/aromatic N) is 1. The lowest BCUT2D eigenvalue weighted by Crippen LogP contribution is -1.88. The zero-order chi connectivity index (χ0) is 7.40. The highest BCUT2D eigenvalue weighted by molar-refractivity contribution is 5.77.